The van der Waals surface area contributed by atoms with E-state index in [-0.39, 0.29) is 6.61 Å². The fourth-order valence-electron chi connectivity index (χ4n) is 2.82. The van der Waals surface area contributed by atoms with Crippen molar-refractivity contribution in [2.24, 2.45) is 0 Å². The van der Waals surface area contributed by atoms with Crippen molar-refractivity contribution in [2.75, 3.05) is 22.9 Å². The number of benzene rings is 2. The van der Waals surface area contributed by atoms with Gasteiger partial charge in [0.2, 0.25) is 10.0 Å². The van der Waals surface area contributed by atoms with Crippen molar-refractivity contribution in [1.29, 1.82) is 0 Å². The number of ether oxygens (including phenoxy) is 1. The molecule has 28 heavy (non-hydrogen) atoms. The summed E-state index contributed by atoms with van der Waals surface area (Å²) >= 11 is 0. The number of rotatable bonds is 6. The summed E-state index contributed by atoms with van der Waals surface area (Å²) < 4.78 is 30.6. The highest BCUT2D eigenvalue weighted by Gasteiger charge is 2.17. The average Bonchev–Trinajstić information content (AvgIpc) is 2.61. The highest BCUT2D eigenvalue weighted by atomic mass is 32.2. The largest absolute Gasteiger partial charge is 0.462 e. The van der Waals surface area contributed by atoms with Gasteiger partial charge in [0.25, 0.3) is 0 Å². The highest BCUT2D eigenvalue weighted by molar-refractivity contribution is 7.92. The SMILES string of the molecule is CCOC(=O)c1cnc2ccc(C)cc2c1Nc1cccc(NS(C)(=O)=O)c1. The van der Waals surface area contributed by atoms with Crippen molar-refractivity contribution in [3.63, 3.8) is 0 Å². The van der Waals surface area contributed by atoms with Gasteiger partial charge in [-0.3, -0.25) is 9.71 Å². The first-order valence-electron chi connectivity index (χ1n) is 8.68. The van der Waals surface area contributed by atoms with Crippen LogP contribution in [0.3, 0.4) is 0 Å². The topological polar surface area (TPSA) is 97.4 Å². The number of nitrogens with one attached hydrogen (secondary N) is 2. The van der Waals surface area contributed by atoms with Gasteiger partial charge in [-0.05, 0) is 44.2 Å². The zero-order valence-corrected chi connectivity index (χ0v) is 16.6. The van der Waals surface area contributed by atoms with Crippen LogP contribution in [0.25, 0.3) is 10.9 Å². The number of carbonyl (C=O) groups is 1. The maximum absolute atomic E-state index is 12.4. The first-order chi connectivity index (χ1) is 13.3. The zero-order valence-electron chi connectivity index (χ0n) is 15.8. The number of fused-ring (bicyclic) bond motifs is 1. The van der Waals surface area contributed by atoms with E-state index in [1.165, 1.54) is 6.20 Å². The lowest BCUT2D eigenvalue weighted by molar-refractivity contribution is 0.0527. The first-order valence-corrected chi connectivity index (χ1v) is 10.6. The minimum absolute atomic E-state index is 0.248. The summed E-state index contributed by atoms with van der Waals surface area (Å²) in [6.45, 7) is 3.94. The number of aryl methyl sites for hydroxylation is 1. The summed E-state index contributed by atoms with van der Waals surface area (Å²) in [4.78, 5) is 16.8. The zero-order chi connectivity index (χ0) is 20.3. The molecule has 3 rings (SSSR count). The van der Waals surface area contributed by atoms with E-state index >= 15 is 0 Å². The second-order valence-electron chi connectivity index (χ2n) is 6.37. The molecule has 0 saturated carbocycles. The van der Waals surface area contributed by atoms with Crippen LogP contribution in [0.15, 0.2) is 48.7 Å². The van der Waals surface area contributed by atoms with Crippen LogP contribution in [0, 0.1) is 6.92 Å². The maximum atomic E-state index is 12.4. The summed E-state index contributed by atoms with van der Waals surface area (Å²) in [5.74, 6) is -0.480. The molecule has 0 aliphatic rings. The van der Waals surface area contributed by atoms with Crippen LogP contribution < -0.4 is 10.0 Å². The number of nitrogens with zero attached hydrogens (tertiary/aromatic N) is 1. The minimum atomic E-state index is -3.40. The Balaban J connectivity index is 2.10. The maximum Gasteiger partial charge on any atom is 0.341 e. The molecule has 0 spiro atoms. The third-order valence-electron chi connectivity index (χ3n) is 3.95. The van der Waals surface area contributed by atoms with Crippen molar-refractivity contribution in [2.45, 2.75) is 13.8 Å². The molecule has 0 fully saturated rings. The van der Waals surface area contributed by atoms with Crippen LogP contribution in [0.4, 0.5) is 17.1 Å². The Bertz CT molecular complexity index is 1140. The summed E-state index contributed by atoms with van der Waals surface area (Å²) in [6, 6.07) is 12.6. The van der Waals surface area contributed by atoms with E-state index < -0.39 is 16.0 Å². The lowest BCUT2D eigenvalue weighted by atomic mass is 10.1. The predicted octanol–water partition coefficient (Wildman–Crippen LogP) is 3.84. The third-order valence-corrected chi connectivity index (χ3v) is 4.56. The molecule has 0 bridgehead atoms. The normalized spacial score (nSPS) is 11.2. The van der Waals surface area contributed by atoms with Gasteiger partial charge in [0.15, 0.2) is 0 Å². The fraction of sp³-hybridized carbons (Fsp3) is 0.200. The predicted molar refractivity (Wildman–Crippen MR) is 111 cm³/mol. The molecule has 0 unspecified atom stereocenters. The molecule has 7 nitrogen and oxygen atoms in total. The summed E-state index contributed by atoms with van der Waals surface area (Å²) in [6.07, 6.45) is 2.57. The number of hydrogen-bond acceptors (Lipinski definition) is 6. The Labute approximate surface area is 163 Å². The highest BCUT2D eigenvalue weighted by Crippen LogP contribution is 2.31. The number of anilines is 3. The molecule has 2 aromatic carbocycles. The summed E-state index contributed by atoms with van der Waals surface area (Å²) in [5, 5.41) is 4.00. The molecule has 0 aliphatic heterocycles. The van der Waals surface area contributed by atoms with Gasteiger partial charge in [0.1, 0.15) is 5.56 Å². The van der Waals surface area contributed by atoms with Gasteiger partial charge < -0.3 is 10.1 Å². The lowest BCUT2D eigenvalue weighted by Gasteiger charge is -2.15. The van der Waals surface area contributed by atoms with E-state index in [1.54, 1.807) is 31.2 Å². The summed E-state index contributed by atoms with van der Waals surface area (Å²) in [7, 11) is -3.40. The van der Waals surface area contributed by atoms with Gasteiger partial charge in [-0.2, -0.15) is 0 Å². The van der Waals surface area contributed by atoms with Gasteiger partial charge in [-0.1, -0.05) is 17.7 Å². The Morgan fingerprint density at radius 1 is 1.14 bits per heavy atom. The second kappa shape index (κ2) is 7.85. The van der Waals surface area contributed by atoms with Crippen molar-refractivity contribution in [3.8, 4) is 0 Å². The number of pyridine rings is 1. The molecular weight excluding hydrogens is 378 g/mol. The van der Waals surface area contributed by atoms with Crippen molar-refractivity contribution in [3.05, 3.63) is 59.8 Å². The van der Waals surface area contributed by atoms with E-state index in [1.807, 2.05) is 25.1 Å². The van der Waals surface area contributed by atoms with Crippen molar-refractivity contribution < 1.29 is 17.9 Å². The molecule has 1 heterocycles. The summed E-state index contributed by atoms with van der Waals surface area (Å²) in [5.41, 5.74) is 3.65. The fourth-order valence-corrected chi connectivity index (χ4v) is 3.38. The molecule has 0 amide bonds. The molecule has 8 heteroatoms. The van der Waals surface area contributed by atoms with E-state index in [0.717, 1.165) is 22.7 Å². The standard InChI is InChI=1S/C20H21N3O4S/c1-4-27-20(24)17-12-21-18-9-8-13(2)10-16(18)19(17)22-14-6-5-7-15(11-14)23-28(3,25)26/h5-12,23H,4H2,1-3H3,(H,21,22). The Hall–Kier alpha value is -3.13. The molecule has 2 N–H and O–H groups in total. The number of carbonyl (C=O) groups excluding carboxylic acids is 1. The van der Waals surface area contributed by atoms with Crippen LogP contribution in [0.1, 0.15) is 22.8 Å². The number of hydrogen-bond donors (Lipinski definition) is 2. The van der Waals surface area contributed by atoms with E-state index in [9.17, 15) is 13.2 Å². The Morgan fingerprint density at radius 2 is 1.89 bits per heavy atom. The van der Waals surface area contributed by atoms with Crippen molar-refractivity contribution in [1.82, 2.24) is 4.98 Å². The quantitative estimate of drug-likeness (QED) is 0.611. The van der Waals surface area contributed by atoms with E-state index in [2.05, 4.69) is 15.0 Å². The monoisotopic (exact) mass is 399 g/mol. The van der Waals surface area contributed by atoms with Crippen LogP contribution >= 0.6 is 0 Å². The van der Waals surface area contributed by atoms with Crippen LogP contribution in [0.5, 0.6) is 0 Å². The average molecular weight is 399 g/mol. The second-order valence-corrected chi connectivity index (χ2v) is 8.12. The van der Waals surface area contributed by atoms with Gasteiger partial charge in [-0.25, -0.2) is 13.2 Å². The van der Waals surface area contributed by atoms with Crippen molar-refractivity contribution >= 4 is 44.0 Å². The Morgan fingerprint density at radius 3 is 2.61 bits per heavy atom. The van der Waals surface area contributed by atoms with E-state index in [4.69, 9.17) is 4.74 Å². The minimum Gasteiger partial charge on any atom is -0.462 e. The van der Waals surface area contributed by atoms with Crippen LogP contribution in [-0.4, -0.2) is 32.2 Å². The molecule has 3 aromatic rings. The van der Waals surface area contributed by atoms with Crippen LogP contribution in [-0.2, 0) is 14.8 Å². The van der Waals surface area contributed by atoms with Crippen LogP contribution in [0.2, 0.25) is 0 Å². The van der Waals surface area contributed by atoms with Gasteiger partial charge in [-0.15, -0.1) is 0 Å². The molecule has 0 aliphatic carbocycles. The molecule has 1 aromatic heterocycles. The molecule has 0 radical (unpaired) electrons. The van der Waals surface area contributed by atoms with Gasteiger partial charge in [0, 0.05) is 17.3 Å². The third kappa shape index (κ3) is 4.58. The number of esters is 1. The molecule has 0 atom stereocenters. The van der Waals surface area contributed by atoms with Gasteiger partial charge >= 0.3 is 5.97 Å². The number of sulfonamides is 1. The van der Waals surface area contributed by atoms with Gasteiger partial charge in [0.05, 0.1) is 29.8 Å². The smallest absolute Gasteiger partial charge is 0.341 e. The molecular formula is C20H21N3O4S. The number of aromatic nitrogens is 1. The lowest BCUT2D eigenvalue weighted by Crippen LogP contribution is -2.10. The Kier molecular flexibility index (Phi) is 5.51. The molecule has 146 valence electrons. The van der Waals surface area contributed by atoms with E-state index in [0.29, 0.717) is 22.6 Å². The molecule has 0 saturated heterocycles. The first kappa shape index (κ1) is 19.6.